The minimum absolute atomic E-state index is 0.281. The highest BCUT2D eigenvalue weighted by molar-refractivity contribution is 5.30. The third-order valence-corrected chi connectivity index (χ3v) is 2.29. The molecule has 0 amide bonds. The summed E-state index contributed by atoms with van der Waals surface area (Å²) in [6.07, 6.45) is 4.99. The number of nitrogens with zero attached hydrogens (tertiary/aromatic N) is 2. The second-order valence-corrected chi connectivity index (χ2v) is 3.34. The average Bonchev–Trinajstić information content (AvgIpc) is 2.71. The molecule has 1 atom stereocenters. The van der Waals surface area contributed by atoms with E-state index >= 15 is 0 Å². The summed E-state index contributed by atoms with van der Waals surface area (Å²) in [5.74, 6) is 6.69. The Hall–Kier alpha value is -1.20. The van der Waals surface area contributed by atoms with Gasteiger partial charge in [0.1, 0.15) is 11.6 Å². The molecule has 0 aliphatic carbocycles. The summed E-state index contributed by atoms with van der Waals surface area (Å²) in [5, 5.41) is 0. The molecule has 1 saturated heterocycles. The van der Waals surface area contributed by atoms with Crippen molar-refractivity contribution in [3.63, 3.8) is 0 Å². The molecule has 1 aliphatic rings. The van der Waals surface area contributed by atoms with Crippen molar-refractivity contribution in [1.29, 1.82) is 0 Å². The van der Waals surface area contributed by atoms with Gasteiger partial charge in [0.05, 0.1) is 6.10 Å². The summed E-state index contributed by atoms with van der Waals surface area (Å²) in [5.41, 5.74) is 2.50. The van der Waals surface area contributed by atoms with E-state index in [1.807, 2.05) is 0 Å². The van der Waals surface area contributed by atoms with Crippen molar-refractivity contribution in [1.82, 2.24) is 9.97 Å². The van der Waals surface area contributed by atoms with Crippen LogP contribution in [-0.4, -0.2) is 22.7 Å². The summed E-state index contributed by atoms with van der Waals surface area (Å²) >= 11 is 0. The topological polar surface area (TPSA) is 73.1 Å². The Balaban J connectivity index is 2.00. The van der Waals surface area contributed by atoms with E-state index in [-0.39, 0.29) is 6.10 Å². The first-order valence-electron chi connectivity index (χ1n) is 4.78. The first-order valence-corrected chi connectivity index (χ1v) is 4.78. The number of aromatic nitrogens is 2. The normalized spacial score (nSPS) is 21.1. The van der Waals surface area contributed by atoms with Gasteiger partial charge in [0.25, 0.3) is 0 Å². The molecule has 0 aromatic carbocycles. The predicted octanol–water partition coefficient (Wildman–Crippen LogP) is 0.484. The van der Waals surface area contributed by atoms with Crippen LogP contribution in [0.4, 0.5) is 5.82 Å². The van der Waals surface area contributed by atoms with Gasteiger partial charge in [-0.2, -0.15) is 0 Å². The maximum absolute atomic E-state index is 5.50. The van der Waals surface area contributed by atoms with Gasteiger partial charge in [0, 0.05) is 25.3 Å². The van der Waals surface area contributed by atoms with Gasteiger partial charge in [-0.3, -0.25) is 0 Å². The molecule has 0 bridgehead atoms. The van der Waals surface area contributed by atoms with E-state index in [9.17, 15) is 0 Å². The lowest BCUT2D eigenvalue weighted by atomic mass is 10.2. The van der Waals surface area contributed by atoms with Crippen molar-refractivity contribution < 1.29 is 4.74 Å². The van der Waals surface area contributed by atoms with Crippen molar-refractivity contribution >= 4 is 5.82 Å². The molecule has 0 spiro atoms. The maximum atomic E-state index is 5.50. The van der Waals surface area contributed by atoms with E-state index in [0.717, 1.165) is 31.7 Å². The van der Waals surface area contributed by atoms with Crippen molar-refractivity contribution in [2.45, 2.75) is 25.4 Å². The van der Waals surface area contributed by atoms with Crippen LogP contribution in [0.3, 0.4) is 0 Å². The molecule has 0 radical (unpaired) electrons. The van der Waals surface area contributed by atoms with Crippen LogP contribution in [0, 0.1) is 0 Å². The summed E-state index contributed by atoms with van der Waals surface area (Å²) in [7, 11) is 0. The minimum Gasteiger partial charge on any atom is -0.378 e. The number of hydrogen-bond acceptors (Lipinski definition) is 5. The molecule has 1 fully saturated rings. The van der Waals surface area contributed by atoms with Crippen LogP contribution in [0.2, 0.25) is 0 Å². The molecule has 5 nitrogen and oxygen atoms in total. The van der Waals surface area contributed by atoms with Crippen LogP contribution in [-0.2, 0) is 11.2 Å². The number of hydrogen-bond donors (Lipinski definition) is 2. The second-order valence-electron chi connectivity index (χ2n) is 3.34. The van der Waals surface area contributed by atoms with E-state index in [2.05, 4.69) is 15.4 Å². The van der Waals surface area contributed by atoms with Gasteiger partial charge >= 0.3 is 0 Å². The number of ether oxygens (including phenoxy) is 1. The second kappa shape index (κ2) is 4.34. The van der Waals surface area contributed by atoms with Crippen LogP contribution in [0.1, 0.15) is 18.7 Å². The number of nitrogens with two attached hydrogens (primary N) is 1. The number of rotatable bonds is 3. The molecule has 5 heteroatoms. The van der Waals surface area contributed by atoms with Crippen molar-refractivity contribution in [2.75, 3.05) is 12.0 Å². The molecule has 14 heavy (non-hydrogen) atoms. The van der Waals surface area contributed by atoms with Gasteiger partial charge in [0.2, 0.25) is 0 Å². The lowest BCUT2D eigenvalue weighted by Crippen LogP contribution is -2.14. The van der Waals surface area contributed by atoms with E-state index in [0.29, 0.717) is 5.82 Å². The van der Waals surface area contributed by atoms with E-state index in [1.54, 1.807) is 12.3 Å². The molecule has 2 heterocycles. The Labute approximate surface area is 82.7 Å². The fraction of sp³-hybridized carbons (Fsp3) is 0.556. The maximum Gasteiger partial charge on any atom is 0.143 e. The highest BCUT2D eigenvalue weighted by atomic mass is 16.5. The van der Waals surface area contributed by atoms with Crippen molar-refractivity contribution in [3.8, 4) is 0 Å². The number of hydrazine groups is 1. The fourth-order valence-electron chi connectivity index (χ4n) is 1.59. The Kier molecular flexibility index (Phi) is 2.90. The SMILES string of the molecule is NNc1ccnc(CC2CCCO2)n1. The predicted molar refractivity (Wildman–Crippen MR) is 52.5 cm³/mol. The van der Waals surface area contributed by atoms with Gasteiger partial charge in [-0.05, 0) is 12.8 Å². The number of nitrogens with one attached hydrogen (secondary N) is 1. The van der Waals surface area contributed by atoms with E-state index in [1.165, 1.54) is 0 Å². The lowest BCUT2D eigenvalue weighted by Gasteiger charge is -2.08. The number of anilines is 1. The fourth-order valence-corrected chi connectivity index (χ4v) is 1.59. The Morgan fingerprint density at radius 1 is 1.64 bits per heavy atom. The van der Waals surface area contributed by atoms with E-state index in [4.69, 9.17) is 10.6 Å². The van der Waals surface area contributed by atoms with Gasteiger partial charge in [-0.15, -0.1) is 0 Å². The molecular formula is C9H14N4O. The standard InChI is InChI=1S/C9H14N4O/c10-13-8-3-4-11-9(12-8)6-7-2-1-5-14-7/h3-4,7H,1-2,5-6,10H2,(H,11,12,13). The highest BCUT2D eigenvalue weighted by Gasteiger charge is 2.17. The number of nitrogen functional groups attached to an aromatic ring is 1. The zero-order chi connectivity index (χ0) is 9.80. The largest absolute Gasteiger partial charge is 0.378 e. The first-order chi connectivity index (χ1) is 6.88. The van der Waals surface area contributed by atoms with Gasteiger partial charge in [-0.25, -0.2) is 15.8 Å². The van der Waals surface area contributed by atoms with Crippen LogP contribution >= 0.6 is 0 Å². The minimum atomic E-state index is 0.281. The molecule has 3 N–H and O–H groups in total. The van der Waals surface area contributed by atoms with Crippen LogP contribution < -0.4 is 11.3 Å². The molecule has 2 rings (SSSR count). The molecule has 0 saturated carbocycles. The van der Waals surface area contributed by atoms with Gasteiger partial charge < -0.3 is 10.2 Å². The molecular weight excluding hydrogens is 180 g/mol. The first kappa shape index (κ1) is 9.36. The van der Waals surface area contributed by atoms with Crippen LogP contribution in [0.15, 0.2) is 12.3 Å². The Morgan fingerprint density at radius 2 is 2.57 bits per heavy atom. The Bertz CT molecular complexity index is 299. The van der Waals surface area contributed by atoms with Crippen LogP contribution in [0.5, 0.6) is 0 Å². The quantitative estimate of drug-likeness (QED) is 0.541. The summed E-state index contributed by atoms with van der Waals surface area (Å²) < 4.78 is 5.50. The zero-order valence-corrected chi connectivity index (χ0v) is 7.94. The Morgan fingerprint density at radius 3 is 3.29 bits per heavy atom. The van der Waals surface area contributed by atoms with Crippen molar-refractivity contribution in [2.24, 2.45) is 5.84 Å². The molecule has 1 aliphatic heterocycles. The molecule has 76 valence electrons. The third-order valence-electron chi connectivity index (χ3n) is 2.29. The molecule has 1 aromatic heterocycles. The smallest absolute Gasteiger partial charge is 0.143 e. The van der Waals surface area contributed by atoms with Gasteiger partial charge in [-0.1, -0.05) is 0 Å². The molecule has 1 unspecified atom stereocenters. The van der Waals surface area contributed by atoms with Crippen molar-refractivity contribution in [3.05, 3.63) is 18.1 Å². The molecule has 1 aromatic rings. The van der Waals surface area contributed by atoms with E-state index < -0.39 is 0 Å². The van der Waals surface area contributed by atoms with Crippen LogP contribution in [0.25, 0.3) is 0 Å². The zero-order valence-electron chi connectivity index (χ0n) is 7.94. The third kappa shape index (κ3) is 2.18. The highest BCUT2D eigenvalue weighted by Crippen LogP contribution is 2.15. The monoisotopic (exact) mass is 194 g/mol. The average molecular weight is 194 g/mol. The summed E-state index contributed by atoms with van der Waals surface area (Å²) in [6, 6.07) is 1.74. The van der Waals surface area contributed by atoms with Gasteiger partial charge in [0.15, 0.2) is 0 Å². The summed E-state index contributed by atoms with van der Waals surface area (Å²) in [4.78, 5) is 8.39. The lowest BCUT2D eigenvalue weighted by molar-refractivity contribution is 0.110. The summed E-state index contributed by atoms with van der Waals surface area (Å²) in [6.45, 7) is 0.861.